The monoisotopic (exact) mass is 512 g/mol. The van der Waals surface area contributed by atoms with Crippen LogP contribution >= 0.6 is 11.6 Å². The maximum Gasteiger partial charge on any atom is 0.246 e. The first-order valence-electron chi connectivity index (χ1n) is 11.2. The zero-order valence-electron chi connectivity index (χ0n) is 19.0. The third-order valence-corrected chi connectivity index (χ3v) is 8.81. The Balaban J connectivity index is 1.52. The standard InChI is InChI=1S/C27H23ClF2N2O2S/c1-18-27(19-13-15-31(16-14-19)35(33,34)26-12-5-3-9-24(26)30)20-7-2-4-11-25(20)32(18)17-21-22(28)8-6-10-23(21)29/h2-13H,14-17H2,1H3. The Morgan fingerprint density at radius 2 is 1.66 bits per heavy atom. The molecule has 8 heteroatoms. The van der Waals surface area contributed by atoms with Gasteiger partial charge >= 0.3 is 0 Å². The fraction of sp³-hybridized carbons (Fsp3) is 0.185. The van der Waals surface area contributed by atoms with E-state index < -0.39 is 15.8 Å². The van der Waals surface area contributed by atoms with Crippen LogP contribution in [0.1, 0.15) is 23.2 Å². The molecule has 0 fully saturated rings. The van der Waals surface area contributed by atoms with Crippen LogP contribution in [0.25, 0.3) is 16.5 Å². The number of para-hydroxylation sites is 1. The number of hydrogen-bond acceptors (Lipinski definition) is 2. The van der Waals surface area contributed by atoms with Gasteiger partial charge in [0, 0.05) is 45.8 Å². The van der Waals surface area contributed by atoms with Crippen LogP contribution in [0, 0.1) is 18.6 Å². The molecule has 4 aromatic rings. The molecule has 0 saturated heterocycles. The highest BCUT2D eigenvalue weighted by atomic mass is 35.5. The summed E-state index contributed by atoms with van der Waals surface area (Å²) in [6.45, 7) is 2.64. The van der Waals surface area contributed by atoms with E-state index in [-0.39, 0.29) is 30.3 Å². The van der Waals surface area contributed by atoms with E-state index in [0.717, 1.165) is 33.8 Å². The van der Waals surface area contributed by atoms with Crippen LogP contribution in [0.15, 0.2) is 77.7 Å². The molecule has 3 aromatic carbocycles. The highest BCUT2D eigenvalue weighted by molar-refractivity contribution is 7.89. The number of nitrogens with zero attached hydrogens (tertiary/aromatic N) is 2. The van der Waals surface area contributed by atoms with Crippen molar-refractivity contribution in [1.29, 1.82) is 0 Å². The Labute approximate surface area is 208 Å². The minimum Gasteiger partial charge on any atom is -0.340 e. The predicted molar refractivity (Wildman–Crippen MR) is 135 cm³/mol. The van der Waals surface area contributed by atoms with E-state index in [1.165, 1.54) is 28.6 Å². The third kappa shape index (κ3) is 4.18. The smallest absolute Gasteiger partial charge is 0.246 e. The summed E-state index contributed by atoms with van der Waals surface area (Å²) in [5.74, 6) is -1.12. The van der Waals surface area contributed by atoms with Crippen LogP contribution < -0.4 is 0 Å². The molecule has 4 nitrogen and oxygen atoms in total. The molecule has 0 spiro atoms. The Morgan fingerprint density at radius 3 is 2.37 bits per heavy atom. The van der Waals surface area contributed by atoms with Crippen LogP contribution in [-0.4, -0.2) is 30.4 Å². The molecule has 1 aromatic heterocycles. The van der Waals surface area contributed by atoms with Crippen molar-refractivity contribution in [3.05, 3.63) is 106 Å². The molecule has 1 aliphatic rings. The predicted octanol–water partition coefficient (Wildman–Crippen LogP) is 6.41. The maximum absolute atomic E-state index is 14.6. The Kier molecular flexibility index (Phi) is 6.25. The van der Waals surface area contributed by atoms with Crippen LogP contribution in [-0.2, 0) is 16.6 Å². The lowest BCUT2D eigenvalue weighted by Crippen LogP contribution is -2.35. The van der Waals surface area contributed by atoms with Gasteiger partial charge in [0.1, 0.15) is 16.5 Å². The van der Waals surface area contributed by atoms with Gasteiger partial charge < -0.3 is 4.57 Å². The van der Waals surface area contributed by atoms with Crippen molar-refractivity contribution in [2.45, 2.75) is 24.8 Å². The number of aromatic nitrogens is 1. The van der Waals surface area contributed by atoms with Crippen LogP contribution in [0.2, 0.25) is 5.02 Å². The molecule has 0 atom stereocenters. The molecule has 1 aliphatic heterocycles. The minimum absolute atomic E-state index is 0.143. The second-order valence-corrected chi connectivity index (χ2v) is 10.9. The summed E-state index contributed by atoms with van der Waals surface area (Å²) in [6, 6.07) is 18.0. The number of sulfonamides is 1. The van der Waals surface area contributed by atoms with Gasteiger partial charge in [0.25, 0.3) is 0 Å². The molecule has 35 heavy (non-hydrogen) atoms. The van der Waals surface area contributed by atoms with Gasteiger partial charge in [-0.1, -0.05) is 54.1 Å². The highest BCUT2D eigenvalue weighted by Gasteiger charge is 2.30. The number of halogens is 3. The number of hydrogen-bond donors (Lipinski definition) is 0. The van der Waals surface area contributed by atoms with Crippen LogP contribution in [0.4, 0.5) is 8.78 Å². The van der Waals surface area contributed by atoms with E-state index >= 15 is 0 Å². The lowest BCUT2D eigenvalue weighted by Gasteiger charge is -2.26. The number of benzene rings is 3. The van der Waals surface area contributed by atoms with E-state index in [2.05, 4.69) is 0 Å². The molecule has 0 bridgehead atoms. The molecule has 180 valence electrons. The van der Waals surface area contributed by atoms with Crippen molar-refractivity contribution in [2.75, 3.05) is 13.1 Å². The molecule has 0 aliphatic carbocycles. The Morgan fingerprint density at radius 1 is 0.943 bits per heavy atom. The highest BCUT2D eigenvalue weighted by Crippen LogP contribution is 2.36. The van der Waals surface area contributed by atoms with Crippen molar-refractivity contribution >= 4 is 38.1 Å². The lowest BCUT2D eigenvalue weighted by atomic mass is 9.97. The second kappa shape index (κ2) is 9.22. The first kappa shape index (κ1) is 23.7. The number of rotatable bonds is 5. The van der Waals surface area contributed by atoms with Gasteiger partial charge in [-0.3, -0.25) is 0 Å². The molecule has 0 N–H and O–H groups in total. The molecule has 5 rings (SSSR count). The van der Waals surface area contributed by atoms with Gasteiger partial charge in [-0.25, -0.2) is 17.2 Å². The average Bonchev–Trinajstić information content (AvgIpc) is 3.12. The van der Waals surface area contributed by atoms with Gasteiger partial charge in [-0.2, -0.15) is 4.31 Å². The topological polar surface area (TPSA) is 42.3 Å². The summed E-state index contributed by atoms with van der Waals surface area (Å²) in [7, 11) is -3.94. The zero-order chi connectivity index (χ0) is 24.7. The van der Waals surface area contributed by atoms with E-state index in [1.54, 1.807) is 12.1 Å². The van der Waals surface area contributed by atoms with Crippen molar-refractivity contribution in [3.8, 4) is 0 Å². The van der Waals surface area contributed by atoms with Gasteiger partial charge in [0.15, 0.2) is 0 Å². The van der Waals surface area contributed by atoms with Crippen LogP contribution in [0.5, 0.6) is 0 Å². The van der Waals surface area contributed by atoms with E-state index in [1.807, 2.05) is 41.8 Å². The molecule has 0 radical (unpaired) electrons. The maximum atomic E-state index is 14.6. The molecular weight excluding hydrogens is 490 g/mol. The summed E-state index contributed by atoms with van der Waals surface area (Å²) in [6.07, 6.45) is 2.36. The van der Waals surface area contributed by atoms with Gasteiger partial charge in [0.05, 0.1) is 6.54 Å². The molecule has 0 saturated carbocycles. The Hall–Kier alpha value is -3.00. The SMILES string of the molecule is Cc1c(C2=CCN(S(=O)(=O)c3ccccc3F)CC2)c2ccccc2n1Cc1c(F)cccc1Cl. The molecule has 0 unspecified atom stereocenters. The fourth-order valence-electron chi connectivity index (χ4n) is 4.77. The van der Waals surface area contributed by atoms with Crippen molar-refractivity contribution in [1.82, 2.24) is 8.87 Å². The first-order valence-corrected chi connectivity index (χ1v) is 13.1. The largest absolute Gasteiger partial charge is 0.340 e. The molecule has 2 heterocycles. The van der Waals surface area contributed by atoms with E-state index in [9.17, 15) is 17.2 Å². The van der Waals surface area contributed by atoms with Crippen molar-refractivity contribution in [3.63, 3.8) is 0 Å². The van der Waals surface area contributed by atoms with E-state index in [4.69, 9.17) is 11.6 Å². The summed E-state index contributed by atoms with van der Waals surface area (Å²) in [5, 5.41) is 1.38. The van der Waals surface area contributed by atoms with Gasteiger partial charge in [0.2, 0.25) is 10.0 Å². The van der Waals surface area contributed by atoms with Crippen LogP contribution in [0.3, 0.4) is 0 Å². The lowest BCUT2D eigenvalue weighted by molar-refractivity contribution is 0.436. The van der Waals surface area contributed by atoms with Crippen molar-refractivity contribution in [2.24, 2.45) is 0 Å². The summed E-state index contributed by atoms with van der Waals surface area (Å²) >= 11 is 6.31. The second-order valence-electron chi connectivity index (χ2n) is 8.54. The zero-order valence-corrected chi connectivity index (χ0v) is 20.6. The third-order valence-electron chi connectivity index (χ3n) is 6.56. The molecular formula is C27H23ClF2N2O2S. The average molecular weight is 513 g/mol. The van der Waals surface area contributed by atoms with Gasteiger partial charge in [-0.05, 0) is 49.2 Å². The Bertz CT molecular complexity index is 1560. The first-order chi connectivity index (χ1) is 16.8. The van der Waals surface area contributed by atoms with Gasteiger partial charge in [-0.15, -0.1) is 0 Å². The summed E-state index contributed by atoms with van der Waals surface area (Å²) in [5.41, 5.74) is 4.33. The quantitative estimate of drug-likeness (QED) is 0.310. The minimum atomic E-state index is -3.94. The number of fused-ring (bicyclic) bond motifs is 1. The molecule has 0 amide bonds. The van der Waals surface area contributed by atoms with E-state index in [0.29, 0.717) is 17.0 Å². The fourth-order valence-corrected chi connectivity index (χ4v) is 6.44. The normalized spacial score (nSPS) is 14.9. The summed E-state index contributed by atoms with van der Waals surface area (Å²) < 4.78 is 58.1. The van der Waals surface area contributed by atoms with Crippen molar-refractivity contribution < 1.29 is 17.2 Å². The summed E-state index contributed by atoms with van der Waals surface area (Å²) in [4.78, 5) is -0.314.